The van der Waals surface area contributed by atoms with E-state index >= 15 is 0 Å². The second kappa shape index (κ2) is 6.06. The molecule has 0 radical (unpaired) electrons. The summed E-state index contributed by atoms with van der Waals surface area (Å²) in [5.41, 5.74) is 3.67. The minimum Gasteiger partial charge on any atom is -0.494 e. The summed E-state index contributed by atoms with van der Waals surface area (Å²) in [6.45, 7) is 4.73. The summed E-state index contributed by atoms with van der Waals surface area (Å²) in [5.74, 6) is 0.922. The number of hydrogen-bond acceptors (Lipinski definition) is 1. The van der Waals surface area contributed by atoms with Gasteiger partial charge in [-0.15, -0.1) is 0 Å². The lowest BCUT2D eigenvalue weighted by atomic mass is 10.0. The van der Waals surface area contributed by atoms with Crippen molar-refractivity contribution in [2.24, 2.45) is 0 Å². The molecule has 1 nitrogen and oxygen atoms in total. The second-order valence-corrected chi connectivity index (χ2v) is 4.08. The molecule has 0 fully saturated rings. The summed E-state index contributed by atoms with van der Waals surface area (Å²) < 4.78 is 5.45. The van der Waals surface area contributed by atoms with E-state index in [2.05, 4.69) is 48.6 Å². The first kappa shape index (κ1) is 12.4. The van der Waals surface area contributed by atoms with E-state index in [9.17, 15) is 0 Å². The molecule has 2 aromatic carbocycles. The monoisotopic (exact) mass is 238 g/mol. The first-order valence-corrected chi connectivity index (χ1v) is 6.29. The summed E-state index contributed by atoms with van der Waals surface area (Å²) in [4.78, 5) is 0. The van der Waals surface area contributed by atoms with Gasteiger partial charge in [0.1, 0.15) is 5.75 Å². The fourth-order valence-electron chi connectivity index (χ4n) is 1.92. The van der Waals surface area contributed by atoms with E-state index in [1.54, 1.807) is 0 Å². The van der Waals surface area contributed by atoms with Crippen LogP contribution in [0.4, 0.5) is 0 Å². The molecule has 2 aromatic rings. The van der Waals surface area contributed by atoms with E-state index in [-0.39, 0.29) is 0 Å². The minimum atomic E-state index is 0.704. The van der Waals surface area contributed by atoms with Gasteiger partial charge in [0.15, 0.2) is 0 Å². The van der Waals surface area contributed by atoms with Gasteiger partial charge >= 0.3 is 0 Å². The van der Waals surface area contributed by atoms with E-state index in [0.29, 0.717) is 6.61 Å². The number of rotatable bonds is 4. The maximum Gasteiger partial charge on any atom is 0.119 e. The highest BCUT2D eigenvalue weighted by Crippen LogP contribution is 2.23. The second-order valence-electron chi connectivity index (χ2n) is 4.08. The molecule has 0 atom stereocenters. The summed E-state index contributed by atoms with van der Waals surface area (Å²) >= 11 is 0. The molecule has 0 amide bonds. The lowest BCUT2D eigenvalue weighted by molar-refractivity contribution is 0.340. The van der Waals surface area contributed by atoms with E-state index in [1.807, 2.05) is 26.0 Å². The average Bonchev–Trinajstić information content (AvgIpc) is 2.41. The van der Waals surface area contributed by atoms with Gasteiger partial charge in [-0.3, -0.25) is 0 Å². The van der Waals surface area contributed by atoms with Crippen molar-refractivity contribution in [3.05, 3.63) is 60.2 Å². The van der Waals surface area contributed by atoms with E-state index in [1.165, 1.54) is 16.7 Å². The van der Waals surface area contributed by atoms with Crippen molar-refractivity contribution in [2.75, 3.05) is 6.61 Å². The standard InChI is InChI=1S/C17H18O/c1-3-6-14-7-5-8-16(13-14)15-9-11-17(12-10-15)18-4-2/h3,5-13H,4H2,1-2H3/b6-3+. The lowest BCUT2D eigenvalue weighted by Gasteiger charge is -2.06. The summed E-state index contributed by atoms with van der Waals surface area (Å²) in [7, 11) is 0. The highest BCUT2D eigenvalue weighted by molar-refractivity contribution is 5.67. The van der Waals surface area contributed by atoms with E-state index in [0.717, 1.165) is 5.75 Å². The average molecular weight is 238 g/mol. The van der Waals surface area contributed by atoms with Gasteiger partial charge in [-0.25, -0.2) is 0 Å². The molecule has 0 unspecified atom stereocenters. The normalized spacial score (nSPS) is 10.8. The molecule has 0 aromatic heterocycles. The van der Waals surface area contributed by atoms with Gasteiger partial charge in [-0.2, -0.15) is 0 Å². The van der Waals surface area contributed by atoms with Crippen LogP contribution >= 0.6 is 0 Å². The van der Waals surface area contributed by atoms with Gasteiger partial charge in [0, 0.05) is 0 Å². The third kappa shape index (κ3) is 3.01. The Balaban J connectivity index is 2.27. The Kier molecular flexibility index (Phi) is 4.19. The van der Waals surface area contributed by atoms with Crippen LogP contribution in [0.25, 0.3) is 17.2 Å². The predicted molar refractivity (Wildman–Crippen MR) is 77.8 cm³/mol. The molecule has 92 valence electrons. The van der Waals surface area contributed by atoms with Gasteiger partial charge in [-0.1, -0.05) is 42.5 Å². The van der Waals surface area contributed by atoms with Gasteiger partial charge in [0.05, 0.1) is 6.61 Å². The Bertz CT molecular complexity index is 524. The van der Waals surface area contributed by atoms with Crippen molar-refractivity contribution in [2.45, 2.75) is 13.8 Å². The first-order valence-electron chi connectivity index (χ1n) is 6.29. The fourth-order valence-corrected chi connectivity index (χ4v) is 1.92. The highest BCUT2D eigenvalue weighted by atomic mass is 16.5. The van der Waals surface area contributed by atoms with E-state index < -0.39 is 0 Å². The lowest BCUT2D eigenvalue weighted by Crippen LogP contribution is -1.90. The first-order chi connectivity index (χ1) is 8.83. The predicted octanol–water partition coefficient (Wildman–Crippen LogP) is 4.79. The van der Waals surface area contributed by atoms with Crippen LogP contribution in [0.15, 0.2) is 54.6 Å². The Labute approximate surface area is 109 Å². The Morgan fingerprint density at radius 3 is 2.44 bits per heavy atom. The van der Waals surface area contributed by atoms with Crippen molar-refractivity contribution in [1.29, 1.82) is 0 Å². The van der Waals surface area contributed by atoms with Gasteiger partial charge in [0.25, 0.3) is 0 Å². The Morgan fingerprint density at radius 2 is 1.78 bits per heavy atom. The summed E-state index contributed by atoms with van der Waals surface area (Å²) in [6, 6.07) is 16.7. The largest absolute Gasteiger partial charge is 0.494 e. The van der Waals surface area contributed by atoms with Crippen molar-refractivity contribution in [3.63, 3.8) is 0 Å². The molecule has 2 rings (SSSR count). The molecule has 0 saturated carbocycles. The van der Waals surface area contributed by atoms with Crippen LogP contribution in [0.2, 0.25) is 0 Å². The molecular weight excluding hydrogens is 220 g/mol. The van der Waals surface area contributed by atoms with Crippen molar-refractivity contribution in [3.8, 4) is 16.9 Å². The number of benzene rings is 2. The topological polar surface area (TPSA) is 9.23 Å². The van der Waals surface area contributed by atoms with Gasteiger partial charge < -0.3 is 4.74 Å². The molecule has 0 spiro atoms. The van der Waals surface area contributed by atoms with Gasteiger partial charge in [0.2, 0.25) is 0 Å². The molecule has 0 aliphatic carbocycles. The number of hydrogen-bond donors (Lipinski definition) is 0. The van der Waals surface area contributed by atoms with Crippen LogP contribution in [0.3, 0.4) is 0 Å². The highest BCUT2D eigenvalue weighted by Gasteiger charge is 1.99. The number of ether oxygens (including phenoxy) is 1. The van der Waals surface area contributed by atoms with Crippen LogP contribution in [-0.2, 0) is 0 Å². The fraction of sp³-hybridized carbons (Fsp3) is 0.176. The zero-order valence-corrected chi connectivity index (χ0v) is 10.9. The molecule has 18 heavy (non-hydrogen) atoms. The molecule has 0 heterocycles. The zero-order chi connectivity index (χ0) is 12.8. The third-order valence-electron chi connectivity index (χ3n) is 2.74. The smallest absolute Gasteiger partial charge is 0.119 e. The molecule has 0 aliphatic rings. The van der Waals surface area contributed by atoms with Crippen LogP contribution in [-0.4, -0.2) is 6.61 Å². The quantitative estimate of drug-likeness (QED) is 0.744. The van der Waals surface area contributed by atoms with Crippen LogP contribution in [0.5, 0.6) is 5.75 Å². The minimum absolute atomic E-state index is 0.704. The maximum absolute atomic E-state index is 5.45. The Hall–Kier alpha value is -2.02. The molecule has 0 aliphatic heterocycles. The van der Waals surface area contributed by atoms with Crippen LogP contribution < -0.4 is 4.74 Å². The molecule has 1 heteroatoms. The summed E-state index contributed by atoms with van der Waals surface area (Å²) in [5, 5.41) is 0. The SMILES string of the molecule is C/C=C/c1cccc(-c2ccc(OCC)cc2)c1. The van der Waals surface area contributed by atoms with Crippen LogP contribution in [0.1, 0.15) is 19.4 Å². The Morgan fingerprint density at radius 1 is 1.00 bits per heavy atom. The van der Waals surface area contributed by atoms with Crippen molar-refractivity contribution < 1.29 is 4.74 Å². The molecule has 0 N–H and O–H groups in total. The third-order valence-corrected chi connectivity index (χ3v) is 2.74. The van der Waals surface area contributed by atoms with Crippen molar-refractivity contribution >= 4 is 6.08 Å². The van der Waals surface area contributed by atoms with Gasteiger partial charge in [-0.05, 0) is 48.7 Å². The molecular formula is C17H18O. The summed E-state index contributed by atoms with van der Waals surface area (Å²) in [6.07, 6.45) is 4.16. The molecule has 0 saturated heterocycles. The van der Waals surface area contributed by atoms with Crippen molar-refractivity contribution in [1.82, 2.24) is 0 Å². The molecule has 0 bridgehead atoms. The zero-order valence-electron chi connectivity index (χ0n) is 10.9. The van der Waals surface area contributed by atoms with E-state index in [4.69, 9.17) is 4.74 Å². The number of allylic oxidation sites excluding steroid dienone is 1. The maximum atomic E-state index is 5.45. The van der Waals surface area contributed by atoms with Crippen LogP contribution in [0, 0.1) is 0 Å².